The van der Waals surface area contributed by atoms with Gasteiger partial charge in [0.05, 0.1) is 6.10 Å². The SMILES string of the molecule is C=C(C)C(C)(C)CCC(C)C1CCC2C3CC=C4CC(O)CCC4(C)C3CCC12C. The monoisotopic (exact) mass is 412 g/mol. The average molecular weight is 413 g/mol. The standard InChI is InChI=1S/C29H48O/c1-19(2)27(4,5)15-12-20(3)24-10-11-25-23-9-8-21-18-22(30)13-16-28(21,6)26(23)14-17-29(24,25)7/h8,20,22-26,30H,1,9-18H2,2-7H3. The molecule has 1 N–H and O–H groups in total. The molecule has 4 rings (SSSR count). The fourth-order valence-electron chi connectivity index (χ4n) is 8.62. The third-order valence-corrected chi connectivity index (χ3v) is 11.2. The summed E-state index contributed by atoms with van der Waals surface area (Å²) < 4.78 is 0. The zero-order valence-corrected chi connectivity index (χ0v) is 20.8. The van der Waals surface area contributed by atoms with Crippen molar-refractivity contribution >= 4 is 0 Å². The molecule has 30 heavy (non-hydrogen) atoms. The summed E-state index contributed by atoms with van der Waals surface area (Å²) >= 11 is 0. The Balaban J connectivity index is 1.49. The summed E-state index contributed by atoms with van der Waals surface area (Å²) in [6.45, 7) is 19.0. The summed E-state index contributed by atoms with van der Waals surface area (Å²) in [7, 11) is 0. The van der Waals surface area contributed by atoms with Crippen molar-refractivity contribution in [2.75, 3.05) is 0 Å². The molecule has 0 amide bonds. The number of aliphatic hydroxyl groups excluding tert-OH is 1. The van der Waals surface area contributed by atoms with Gasteiger partial charge < -0.3 is 5.11 Å². The Hall–Kier alpha value is -0.560. The minimum Gasteiger partial charge on any atom is -0.393 e. The zero-order chi connectivity index (χ0) is 21.9. The van der Waals surface area contributed by atoms with Crippen molar-refractivity contribution in [1.82, 2.24) is 0 Å². The fourth-order valence-corrected chi connectivity index (χ4v) is 8.62. The molecule has 0 spiro atoms. The predicted molar refractivity (Wildman–Crippen MR) is 128 cm³/mol. The molecule has 0 aromatic rings. The van der Waals surface area contributed by atoms with Gasteiger partial charge in [0.1, 0.15) is 0 Å². The Morgan fingerprint density at radius 2 is 1.90 bits per heavy atom. The molecule has 0 radical (unpaired) electrons. The van der Waals surface area contributed by atoms with Crippen LogP contribution in [0.3, 0.4) is 0 Å². The molecular formula is C29H48O. The van der Waals surface area contributed by atoms with Crippen molar-refractivity contribution in [3.05, 3.63) is 23.8 Å². The van der Waals surface area contributed by atoms with Crippen LogP contribution >= 0.6 is 0 Å². The quantitative estimate of drug-likeness (QED) is 0.454. The van der Waals surface area contributed by atoms with E-state index in [4.69, 9.17) is 0 Å². The Morgan fingerprint density at radius 1 is 1.17 bits per heavy atom. The van der Waals surface area contributed by atoms with Crippen LogP contribution in [0.15, 0.2) is 23.8 Å². The van der Waals surface area contributed by atoms with Gasteiger partial charge in [0.15, 0.2) is 0 Å². The lowest BCUT2D eigenvalue weighted by Gasteiger charge is -2.58. The van der Waals surface area contributed by atoms with Crippen LogP contribution < -0.4 is 0 Å². The number of allylic oxidation sites excluding steroid dienone is 2. The van der Waals surface area contributed by atoms with Crippen LogP contribution in [0, 0.1) is 45.8 Å². The summed E-state index contributed by atoms with van der Waals surface area (Å²) in [6.07, 6.45) is 15.3. The Labute approximate surface area is 186 Å². The van der Waals surface area contributed by atoms with Gasteiger partial charge in [-0.05, 0) is 117 Å². The number of rotatable bonds is 5. The van der Waals surface area contributed by atoms with Crippen molar-refractivity contribution in [1.29, 1.82) is 0 Å². The third kappa shape index (κ3) is 3.56. The minimum absolute atomic E-state index is 0.0881. The van der Waals surface area contributed by atoms with Crippen molar-refractivity contribution in [3.8, 4) is 0 Å². The number of aliphatic hydroxyl groups is 1. The summed E-state index contributed by atoms with van der Waals surface area (Å²) in [5.74, 6) is 4.39. The van der Waals surface area contributed by atoms with Crippen LogP contribution in [0.2, 0.25) is 0 Å². The molecule has 0 bridgehead atoms. The molecule has 3 fully saturated rings. The van der Waals surface area contributed by atoms with Gasteiger partial charge in [0.2, 0.25) is 0 Å². The number of hydrogen-bond donors (Lipinski definition) is 1. The maximum atomic E-state index is 10.2. The molecule has 8 atom stereocenters. The van der Waals surface area contributed by atoms with Crippen LogP contribution in [0.4, 0.5) is 0 Å². The van der Waals surface area contributed by atoms with Crippen LogP contribution in [-0.2, 0) is 0 Å². The average Bonchev–Trinajstić information content (AvgIpc) is 3.04. The van der Waals surface area contributed by atoms with Crippen molar-refractivity contribution in [3.63, 3.8) is 0 Å². The smallest absolute Gasteiger partial charge is 0.0577 e. The highest BCUT2D eigenvalue weighted by Gasteiger charge is 2.59. The van der Waals surface area contributed by atoms with Gasteiger partial charge in [-0.1, -0.05) is 58.4 Å². The van der Waals surface area contributed by atoms with Gasteiger partial charge in [0, 0.05) is 0 Å². The largest absolute Gasteiger partial charge is 0.393 e. The number of fused-ring (bicyclic) bond motifs is 5. The van der Waals surface area contributed by atoms with E-state index in [1.807, 2.05) is 0 Å². The summed E-state index contributed by atoms with van der Waals surface area (Å²) in [4.78, 5) is 0. The first-order valence-corrected chi connectivity index (χ1v) is 13.0. The first-order chi connectivity index (χ1) is 14.0. The molecule has 8 unspecified atom stereocenters. The lowest BCUT2D eigenvalue weighted by atomic mass is 9.47. The highest BCUT2D eigenvalue weighted by molar-refractivity contribution is 5.25. The molecule has 4 aliphatic rings. The normalized spacial score (nSPS) is 44.5. The first kappa shape index (κ1) is 22.6. The Bertz CT molecular complexity index is 701. The molecule has 1 heteroatoms. The van der Waals surface area contributed by atoms with E-state index in [-0.39, 0.29) is 11.5 Å². The highest BCUT2D eigenvalue weighted by atomic mass is 16.3. The summed E-state index contributed by atoms with van der Waals surface area (Å²) in [5.41, 5.74) is 4.13. The second kappa shape index (κ2) is 7.79. The topological polar surface area (TPSA) is 20.2 Å². The lowest BCUT2D eigenvalue weighted by Crippen LogP contribution is -2.50. The van der Waals surface area contributed by atoms with E-state index in [2.05, 4.69) is 54.2 Å². The second-order valence-corrected chi connectivity index (χ2v) is 13.1. The molecule has 170 valence electrons. The Morgan fingerprint density at radius 3 is 2.60 bits per heavy atom. The van der Waals surface area contributed by atoms with Crippen LogP contribution in [0.25, 0.3) is 0 Å². The van der Waals surface area contributed by atoms with E-state index in [9.17, 15) is 5.11 Å². The summed E-state index contributed by atoms with van der Waals surface area (Å²) in [6, 6.07) is 0. The maximum Gasteiger partial charge on any atom is 0.0577 e. The molecule has 3 saturated carbocycles. The lowest BCUT2D eigenvalue weighted by molar-refractivity contribution is -0.0575. The summed E-state index contributed by atoms with van der Waals surface area (Å²) in [5, 5.41) is 10.2. The molecule has 0 saturated heterocycles. The van der Waals surface area contributed by atoms with Crippen molar-refractivity contribution < 1.29 is 5.11 Å². The van der Waals surface area contributed by atoms with E-state index in [0.29, 0.717) is 10.8 Å². The van der Waals surface area contributed by atoms with Crippen molar-refractivity contribution in [2.24, 2.45) is 45.8 Å². The zero-order valence-electron chi connectivity index (χ0n) is 20.8. The van der Waals surface area contributed by atoms with E-state index in [0.717, 1.165) is 42.4 Å². The van der Waals surface area contributed by atoms with Gasteiger partial charge in [-0.3, -0.25) is 0 Å². The fraction of sp³-hybridized carbons (Fsp3) is 0.862. The number of hydrogen-bond acceptors (Lipinski definition) is 1. The van der Waals surface area contributed by atoms with Crippen molar-refractivity contribution in [2.45, 2.75) is 112 Å². The van der Waals surface area contributed by atoms with Gasteiger partial charge in [-0.15, -0.1) is 0 Å². The molecule has 0 aliphatic heterocycles. The van der Waals surface area contributed by atoms with E-state index >= 15 is 0 Å². The minimum atomic E-state index is -0.0881. The molecule has 1 nitrogen and oxygen atoms in total. The van der Waals surface area contributed by atoms with Crippen LogP contribution in [0.5, 0.6) is 0 Å². The van der Waals surface area contributed by atoms with Gasteiger partial charge in [0.25, 0.3) is 0 Å². The van der Waals surface area contributed by atoms with E-state index in [1.165, 1.54) is 56.9 Å². The highest BCUT2D eigenvalue weighted by Crippen LogP contribution is 2.67. The Kier molecular flexibility index (Phi) is 5.87. The van der Waals surface area contributed by atoms with Gasteiger partial charge in [-0.25, -0.2) is 0 Å². The second-order valence-electron chi connectivity index (χ2n) is 13.1. The van der Waals surface area contributed by atoms with Crippen LogP contribution in [-0.4, -0.2) is 11.2 Å². The van der Waals surface area contributed by atoms with Gasteiger partial charge in [-0.2, -0.15) is 0 Å². The van der Waals surface area contributed by atoms with Gasteiger partial charge >= 0.3 is 0 Å². The molecule has 0 heterocycles. The first-order valence-electron chi connectivity index (χ1n) is 13.0. The third-order valence-electron chi connectivity index (χ3n) is 11.2. The molecular weight excluding hydrogens is 364 g/mol. The molecule has 0 aromatic heterocycles. The van der Waals surface area contributed by atoms with E-state index < -0.39 is 0 Å². The maximum absolute atomic E-state index is 10.2. The van der Waals surface area contributed by atoms with Crippen LogP contribution in [0.1, 0.15) is 106 Å². The molecule has 4 aliphatic carbocycles. The predicted octanol–water partition coefficient (Wildman–Crippen LogP) is 7.94. The van der Waals surface area contributed by atoms with E-state index in [1.54, 1.807) is 5.57 Å². The molecule has 0 aromatic carbocycles.